The first-order valence-corrected chi connectivity index (χ1v) is 7.13. The van der Waals surface area contributed by atoms with Gasteiger partial charge >= 0.3 is 0 Å². The summed E-state index contributed by atoms with van der Waals surface area (Å²) in [7, 11) is 0. The van der Waals surface area contributed by atoms with Crippen LogP contribution in [0.1, 0.15) is 24.9 Å². The summed E-state index contributed by atoms with van der Waals surface area (Å²) in [5.41, 5.74) is 2.08. The number of amides is 1. The van der Waals surface area contributed by atoms with E-state index in [-0.39, 0.29) is 17.3 Å². The lowest BCUT2D eigenvalue weighted by atomic mass is 10.0. The van der Waals surface area contributed by atoms with Crippen molar-refractivity contribution in [2.45, 2.75) is 24.8 Å². The van der Waals surface area contributed by atoms with Crippen molar-refractivity contribution >= 4 is 17.5 Å². The molecule has 2 atom stereocenters. The van der Waals surface area contributed by atoms with Crippen LogP contribution in [0.4, 0.5) is 0 Å². The molecular weight excluding hydrogens is 274 g/mol. The Morgan fingerprint density at radius 1 is 1.35 bits per heavy atom. The minimum Gasteiger partial charge on any atom is -0.334 e. The summed E-state index contributed by atoms with van der Waals surface area (Å²) in [6.07, 6.45) is 4.08. The highest BCUT2D eigenvalue weighted by atomic mass is 35.5. The molecule has 2 heterocycles. The van der Waals surface area contributed by atoms with Crippen LogP contribution in [0.2, 0.25) is 0 Å². The second-order valence-electron chi connectivity index (χ2n) is 5.03. The van der Waals surface area contributed by atoms with Gasteiger partial charge in [0.1, 0.15) is 0 Å². The van der Waals surface area contributed by atoms with Gasteiger partial charge in [-0.25, -0.2) is 4.68 Å². The van der Waals surface area contributed by atoms with Gasteiger partial charge in [0.2, 0.25) is 5.91 Å². The van der Waals surface area contributed by atoms with Gasteiger partial charge in [-0.1, -0.05) is 18.2 Å². The van der Waals surface area contributed by atoms with Crippen molar-refractivity contribution < 1.29 is 4.79 Å². The standard InChI is InChI=1S/C15H16ClN3O/c1-11(18-10-12(16)9-15(18)20)13-5-2-3-6-14(13)19-8-4-7-17-19/h2-8,11-12H,9-10H2,1H3. The molecule has 5 heteroatoms. The second-order valence-corrected chi connectivity index (χ2v) is 5.65. The number of benzene rings is 1. The minimum absolute atomic E-state index is 0.00773. The summed E-state index contributed by atoms with van der Waals surface area (Å²) < 4.78 is 1.82. The van der Waals surface area contributed by atoms with Crippen molar-refractivity contribution in [1.82, 2.24) is 14.7 Å². The van der Waals surface area contributed by atoms with Gasteiger partial charge in [-0.2, -0.15) is 5.10 Å². The molecule has 104 valence electrons. The normalized spacial score (nSPS) is 20.4. The van der Waals surface area contributed by atoms with Crippen molar-refractivity contribution in [3.05, 3.63) is 48.3 Å². The number of aromatic nitrogens is 2. The van der Waals surface area contributed by atoms with E-state index in [0.717, 1.165) is 11.3 Å². The lowest BCUT2D eigenvalue weighted by Gasteiger charge is -2.26. The Labute approximate surface area is 123 Å². The lowest BCUT2D eigenvalue weighted by Crippen LogP contribution is -2.29. The summed E-state index contributed by atoms with van der Waals surface area (Å²) in [6.45, 7) is 2.64. The molecule has 1 saturated heterocycles. The fourth-order valence-electron chi connectivity index (χ4n) is 2.69. The maximum absolute atomic E-state index is 12.0. The van der Waals surface area contributed by atoms with E-state index in [4.69, 9.17) is 11.6 Å². The van der Waals surface area contributed by atoms with Crippen molar-refractivity contribution in [2.75, 3.05) is 6.54 Å². The van der Waals surface area contributed by atoms with Crippen LogP contribution in [0.3, 0.4) is 0 Å². The molecule has 1 fully saturated rings. The van der Waals surface area contributed by atoms with Crippen molar-refractivity contribution in [1.29, 1.82) is 0 Å². The number of halogens is 1. The van der Waals surface area contributed by atoms with Crippen molar-refractivity contribution in [3.63, 3.8) is 0 Å². The number of likely N-dealkylation sites (tertiary alicyclic amines) is 1. The number of rotatable bonds is 3. The van der Waals surface area contributed by atoms with E-state index in [1.54, 1.807) is 6.20 Å². The highest BCUT2D eigenvalue weighted by Gasteiger charge is 2.32. The Morgan fingerprint density at radius 3 is 2.80 bits per heavy atom. The fourth-order valence-corrected chi connectivity index (χ4v) is 2.97. The third kappa shape index (κ3) is 2.31. The van der Waals surface area contributed by atoms with Crippen LogP contribution in [0.25, 0.3) is 5.69 Å². The number of para-hydroxylation sites is 1. The van der Waals surface area contributed by atoms with Gasteiger partial charge in [-0.3, -0.25) is 4.79 Å². The Morgan fingerprint density at radius 2 is 2.15 bits per heavy atom. The molecule has 3 rings (SSSR count). The summed E-state index contributed by atoms with van der Waals surface area (Å²) in [5, 5.41) is 4.20. The van der Waals surface area contributed by atoms with Crippen LogP contribution in [0.15, 0.2) is 42.7 Å². The van der Waals surface area contributed by atoms with Gasteiger partial charge in [0, 0.05) is 30.9 Å². The maximum Gasteiger partial charge on any atom is 0.224 e. The van der Waals surface area contributed by atoms with Crippen LogP contribution in [0.5, 0.6) is 0 Å². The van der Waals surface area contributed by atoms with E-state index in [1.165, 1.54) is 0 Å². The zero-order valence-electron chi connectivity index (χ0n) is 11.2. The average Bonchev–Trinajstić information content (AvgIpc) is 3.07. The quantitative estimate of drug-likeness (QED) is 0.815. The first-order valence-electron chi connectivity index (χ1n) is 6.69. The molecule has 1 amide bonds. The van der Waals surface area contributed by atoms with E-state index in [9.17, 15) is 4.79 Å². The maximum atomic E-state index is 12.0. The summed E-state index contributed by atoms with van der Waals surface area (Å²) in [5.74, 6) is 0.118. The number of hydrogen-bond acceptors (Lipinski definition) is 2. The first kappa shape index (κ1) is 13.2. The zero-order valence-corrected chi connectivity index (χ0v) is 12.0. The van der Waals surface area contributed by atoms with Crippen LogP contribution < -0.4 is 0 Å². The monoisotopic (exact) mass is 289 g/mol. The van der Waals surface area contributed by atoms with Gasteiger partial charge < -0.3 is 4.90 Å². The fraction of sp³-hybridized carbons (Fsp3) is 0.333. The third-order valence-electron chi connectivity index (χ3n) is 3.72. The molecule has 2 aromatic rings. The Balaban J connectivity index is 1.96. The van der Waals surface area contributed by atoms with E-state index < -0.39 is 0 Å². The molecule has 0 spiro atoms. The van der Waals surface area contributed by atoms with Crippen molar-refractivity contribution in [2.24, 2.45) is 0 Å². The number of hydrogen-bond donors (Lipinski definition) is 0. The topological polar surface area (TPSA) is 38.1 Å². The molecule has 0 bridgehead atoms. The van der Waals surface area contributed by atoms with Crippen LogP contribution in [-0.2, 0) is 4.79 Å². The number of carbonyl (C=O) groups is 1. The van der Waals surface area contributed by atoms with E-state index in [0.29, 0.717) is 13.0 Å². The summed E-state index contributed by atoms with van der Waals surface area (Å²) >= 11 is 6.09. The second kappa shape index (κ2) is 5.29. The summed E-state index contributed by atoms with van der Waals surface area (Å²) in [6, 6.07) is 9.89. The average molecular weight is 290 g/mol. The molecule has 0 aliphatic carbocycles. The van der Waals surface area contributed by atoms with E-state index in [1.807, 2.05) is 53.0 Å². The highest BCUT2D eigenvalue weighted by molar-refractivity contribution is 6.22. The minimum atomic E-state index is -0.0817. The number of nitrogens with zero attached hydrogens (tertiary/aromatic N) is 3. The molecule has 20 heavy (non-hydrogen) atoms. The molecule has 1 aliphatic rings. The predicted octanol–water partition coefficient (Wildman–Crippen LogP) is 2.77. The molecular formula is C15H16ClN3O. The highest BCUT2D eigenvalue weighted by Crippen LogP contribution is 2.30. The van der Waals surface area contributed by atoms with Crippen molar-refractivity contribution in [3.8, 4) is 5.69 Å². The predicted molar refractivity (Wildman–Crippen MR) is 78.0 cm³/mol. The largest absolute Gasteiger partial charge is 0.334 e. The van der Waals surface area contributed by atoms with Gasteiger partial charge in [0.05, 0.1) is 17.1 Å². The molecule has 0 N–H and O–H groups in total. The van der Waals surface area contributed by atoms with Crippen LogP contribution >= 0.6 is 11.6 Å². The number of alkyl halides is 1. The zero-order chi connectivity index (χ0) is 14.1. The molecule has 0 radical (unpaired) electrons. The van der Waals surface area contributed by atoms with Gasteiger partial charge in [-0.15, -0.1) is 11.6 Å². The first-order chi connectivity index (χ1) is 9.66. The third-order valence-corrected chi connectivity index (χ3v) is 4.01. The molecule has 1 aromatic heterocycles. The molecule has 4 nitrogen and oxygen atoms in total. The van der Waals surface area contributed by atoms with Gasteiger partial charge in [-0.05, 0) is 19.1 Å². The van der Waals surface area contributed by atoms with Crippen LogP contribution in [-0.4, -0.2) is 32.5 Å². The van der Waals surface area contributed by atoms with Crippen LogP contribution in [0, 0.1) is 0 Å². The van der Waals surface area contributed by atoms with Gasteiger partial charge in [0.15, 0.2) is 0 Å². The SMILES string of the molecule is CC(c1ccccc1-n1cccn1)N1CC(Cl)CC1=O. The Hall–Kier alpha value is -1.81. The lowest BCUT2D eigenvalue weighted by molar-refractivity contribution is -0.129. The molecule has 1 aliphatic heterocycles. The number of carbonyl (C=O) groups excluding carboxylic acids is 1. The van der Waals surface area contributed by atoms with Gasteiger partial charge in [0.25, 0.3) is 0 Å². The Kier molecular flexibility index (Phi) is 3.49. The smallest absolute Gasteiger partial charge is 0.224 e. The molecule has 2 unspecified atom stereocenters. The van der Waals surface area contributed by atoms with E-state index in [2.05, 4.69) is 5.10 Å². The molecule has 0 saturated carbocycles. The summed E-state index contributed by atoms with van der Waals surface area (Å²) in [4.78, 5) is 13.9. The Bertz CT molecular complexity index is 611. The molecule has 1 aromatic carbocycles. The van der Waals surface area contributed by atoms with E-state index >= 15 is 0 Å².